The molecule has 0 radical (unpaired) electrons. The Hall–Kier alpha value is -0.860. The van der Waals surface area contributed by atoms with E-state index in [0.29, 0.717) is 11.6 Å². The van der Waals surface area contributed by atoms with Crippen LogP contribution in [0, 0.1) is 0 Å². The van der Waals surface area contributed by atoms with Crippen molar-refractivity contribution in [2.75, 3.05) is 13.1 Å². The van der Waals surface area contributed by atoms with Gasteiger partial charge < -0.3 is 5.32 Å². The van der Waals surface area contributed by atoms with E-state index in [1.807, 2.05) is 0 Å². The van der Waals surface area contributed by atoms with Crippen molar-refractivity contribution in [3.8, 4) is 0 Å². The Morgan fingerprint density at radius 2 is 1.71 bits per heavy atom. The van der Waals surface area contributed by atoms with E-state index in [1.165, 1.54) is 37.7 Å². The van der Waals surface area contributed by atoms with Crippen molar-refractivity contribution in [3.05, 3.63) is 35.9 Å². The Labute approximate surface area is 129 Å². The molecule has 0 amide bonds. The summed E-state index contributed by atoms with van der Waals surface area (Å²) in [6, 6.07) is 11.6. The first kappa shape index (κ1) is 15.1. The summed E-state index contributed by atoms with van der Waals surface area (Å²) in [6.07, 6.45) is 6.94. The highest BCUT2D eigenvalue weighted by Gasteiger charge is 2.47. The first-order valence-corrected chi connectivity index (χ1v) is 8.63. The van der Waals surface area contributed by atoms with Crippen molar-refractivity contribution in [1.29, 1.82) is 0 Å². The molecule has 1 spiro atoms. The van der Waals surface area contributed by atoms with Gasteiger partial charge in [-0.3, -0.25) is 4.90 Å². The molecule has 1 saturated carbocycles. The zero-order valence-electron chi connectivity index (χ0n) is 13.9. The fraction of sp³-hybridized carbons (Fsp3) is 0.684. The third kappa shape index (κ3) is 2.76. The molecule has 1 atom stereocenters. The summed E-state index contributed by atoms with van der Waals surface area (Å²) < 4.78 is 0. The van der Waals surface area contributed by atoms with Crippen molar-refractivity contribution >= 4 is 0 Å². The monoisotopic (exact) mass is 286 g/mol. The van der Waals surface area contributed by atoms with E-state index >= 15 is 0 Å². The van der Waals surface area contributed by atoms with Gasteiger partial charge in [0.15, 0.2) is 0 Å². The summed E-state index contributed by atoms with van der Waals surface area (Å²) in [7, 11) is 0. The zero-order chi connectivity index (χ0) is 14.9. The lowest BCUT2D eigenvalue weighted by Crippen LogP contribution is -2.69. The Bertz CT molecular complexity index is 462. The van der Waals surface area contributed by atoms with Gasteiger partial charge in [0, 0.05) is 24.7 Å². The van der Waals surface area contributed by atoms with E-state index in [0.717, 1.165) is 13.1 Å². The van der Waals surface area contributed by atoms with Crippen LogP contribution < -0.4 is 5.32 Å². The normalized spacial score (nSPS) is 29.9. The average molecular weight is 286 g/mol. The van der Waals surface area contributed by atoms with E-state index in [1.54, 1.807) is 0 Å². The summed E-state index contributed by atoms with van der Waals surface area (Å²) in [5.74, 6) is 0. The van der Waals surface area contributed by atoms with Gasteiger partial charge in [0.25, 0.3) is 0 Å². The second-order valence-electron chi connectivity index (χ2n) is 7.56. The van der Waals surface area contributed by atoms with Gasteiger partial charge in [-0.15, -0.1) is 0 Å². The Balaban J connectivity index is 1.87. The summed E-state index contributed by atoms with van der Waals surface area (Å²) in [4.78, 5) is 2.80. The smallest absolute Gasteiger partial charge is 0.0535 e. The summed E-state index contributed by atoms with van der Waals surface area (Å²) in [5, 5.41) is 3.92. The van der Waals surface area contributed by atoms with E-state index < -0.39 is 0 Å². The minimum absolute atomic E-state index is 0.0776. The second-order valence-corrected chi connectivity index (χ2v) is 7.56. The summed E-state index contributed by atoms with van der Waals surface area (Å²) >= 11 is 0. The van der Waals surface area contributed by atoms with Crippen LogP contribution in [0.25, 0.3) is 0 Å². The Morgan fingerprint density at radius 3 is 2.33 bits per heavy atom. The van der Waals surface area contributed by atoms with Gasteiger partial charge in [-0.25, -0.2) is 0 Å². The number of benzene rings is 1. The van der Waals surface area contributed by atoms with Gasteiger partial charge in [0.2, 0.25) is 0 Å². The number of nitrogens with one attached hydrogen (secondary N) is 1. The van der Waals surface area contributed by atoms with Gasteiger partial charge in [-0.05, 0) is 39.2 Å². The molecule has 1 aromatic carbocycles. The molecule has 1 aromatic rings. The predicted octanol–water partition coefficient (Wildman–Crippen LogP) is 3.92. The van der Waals surface area contributed by atoms with Gasteiger partial charge >= 0.3 is 0 Å². The van der Waals surface area contributed by atoms with Crippen molar-refractivity contribution in [3.63, 3.8) is 0 Å². The molecule has 21 heavy (non-hydrogen) atoms. The average Bonchev–Trinajstić information content (AvgIpc) is 2.52. The molecule has 1 aliphatic heterocycles. The SMILES string of the molecule is CC(C)N1CC(C)(c2ccccc2)NCC12CCCCC2. The molecule has 3 rings (SSSR count). The van der Waals surface area contributed by atoms with Crippen LogP contribution in [0.1, 0.15) is 58.4 Å². The molecule has 1 saturated heterocycles. The van der Waals surface area contributed by atoms with Crippen LogP contribution in [0.2, 0.25) is 0 Å². The van der Waals surface area contributed by atoms with Gasteiger partial charge in [-0.2, -0.15) is 0 Å². The van der Waals surface area contributed by atoms with Crippen LogP contribution >= 0.6 is 0 Å². The molecule has 2 heteroatoms. The van der Waals surface area contributed by atoms with Crippen LogP contribution in [0.4, 0.5) is 0 Å². The maximum atomic E-state index is 3.92. The Kier molecular flexibility index (Phi) is 4.11. The first-order chi connectivity index (χ1) is 10.1. The van der Waals surface area contributed by atoms with Crippen LogP contribution in [0.5, 0.6) is 0 Å². The molecule has 1 unspecified atom stereocenters. The van der Waals surface area contributed by atoms with Crippen molar-refractivity contribution < 1.29 is 0 Å². The molecule has 2 fully saturated rings. The fourth-order valence-electron chi connectivity index (χ4n) is 4.43. The summed E-state index contributed by atoms with van der Waals surface area (Å²) in [5.41, 5.74) is 1.90. The fourth-order valence-corrected chi connectivity index (χ4v) is 4.43. The number of nitrogens with zero attached hydrogens (tertiary/aromatic N) is 1. The van der Waals surface area contributed by atoms with E-state index in [9.17, 15) is 0 Å². The zero-order valence-corrected chi connectivity index (χ0v) is 13.9. The standard InChI is InChI=1S/C19H30N2/c1-16(2)21-15-18(3,17-10-6-4-7-11-17)20-14-19(21)12-8-5-9-13-19/h4,6-7,10-11,16,20H,5,8-9,12-15H2,1-3H3. The topological polar surface area (TPSA) is 15.3 Å². The van der Waals surface area contributed by atoms with Crippen molar-refractivity contribution in [2.45, 2.75) is 70.0 Å². The minimum Gasteiger partial charge on any atom is -0.305 e. The van der Waals surface area contributed by atoms with Crippen LogP contribution in [-0.4, -0.2) is 29.6 Å². The van der Waals surface area contributed by atoms with E-state index in [-0.39, 0.29) is 5.54 Å². The maximum Gasteiger partial charge on any atom is 0.0535 e. The maximum absolute atomic E-state index is 3.92. The molecule has 2 aliphatic rings. The van der Waals surface area contributed by atoms with Gasteiger partial charge in [-0.1, -0.05) is 49.6 Å². The lowest BCUT2D eigenvalue weighted by molar-refractivity contribution is -0.0367. The van der Waals surface area contributed by atoms with Gasteiger partial charge in [0.1, 0.15) is 0 Å². The first-order valence-electron chi connectivity index (χ1n) is 8.63. The van der Waals surface area contributed by atoms with Crippen molar-refractivity contribution in [2.24, 2.45) is 0 Å². The molecule has 2 nitrogen and oxygen atoms in total. The number of hydrogen-bond donors (Lipinski definition) is 1. The molecular weight excluding hydrogens is 256 g/mol. The van der Waals surface area contributed by atoms with Crippen LogP contribution in [0.15, 0.2) is 30.3 Å². The predicted molar refractivity (Wildman–Crippen MR) is 89.5 cm³/mol. The third-order valence-corrected chi connectivity index (χ3v) is 5.72. The molecule has 0 aromatic heterocycles. The number of rotatable bonds is 2. The quantitative estimate of drug-likeness (QED) is 0.886. The summed E-state index contributed by atoms with van der Waals surface area (Å²) in [6.45, 7) is 9.36. The number of piperazine rings is 1. The van der Waals surface area contributed by atoms with Gasteiger partial charge in [0.05, 0.1) is 5.54 Å². The highest BCUT2D eigenvalue weighted by molar-refractivity contribution is 5.26. The molecule has 1 heterocycles. The highest BCUT2D eigenvalue weighted by atomic mass is 15.3. The minimum atomic E-state index is 0.0776. The van der Waals surface area contributed by atoms with Crippen LogP contribution in [-0.2, 0) is 5.54 Å². The van der Waals surface area contributed by atoms with Crippen molar-refractivity contribution in [1.82, 2.24) is 10.2 Å². The molecule has 116 valence electrons. The highest BCUT2D eigenvalue weighted by Crippen LogP contribution is 2.40. The lowest BCUT2D eigenvalue weighted by atomic mass is 9.75. The van der Waals surface area contributed by atoms with Crippen LogP contribution in [0.3, 0.4) is 0 Å². The Morgan fingerprint density at radius 1 is 1.05 bits per heavy atom. The second kappa shape index (κ2) is 5.73. The van der Waals surface area contributed by atoms with E-state index in [4.69, 9.17) is 0 Å². The molecular formula is C19H30N2. The largest absolute Gasteiger partial charge is 0.305 e. The molecule has 1 aliphatic carbocycles. The molecule has 1 N–H and O–H groups in total. The van der Waals surface area contributed by atoms with E-state index in [2.05, 4.69) is 61.3 Å². The third-order valence-electron chi connectivity index (χ3n) is 5.72. The molecule has 0 bridgehead atoms. The number of hydrogen-bond acceptors (Lipinski definition) is 2. The lowest BCUT2D eigenvalue weighted by Gasteiger charge is -2.57.